The van der Waals surface area contributed by atoms with E-state index in [2.05, 4.69) is 15.5 Å². The average molecular weight is 389 g/mol. The Balaban J connectivity index is 1.73. The molecule has 1 aromatic carbocycles. The summed E-state index contributed by atoms with van der Waals surface area (Å²) >= 11 is 6.58. The molecule has 1 saturated heterocycles. The van der Waals surface area contributed by atoms with Crippen molar-refractivity contribution in [1.82, 2.24) is 14.5 Å². The molecule has 2 aromatic rings. The molecule has 2 heterocycles. The van der Waals surface area contributed by atoms with Crippen molar-refractivity contribution in [3.63, 3.8) is 0 Å². The topological polar surface area (TPSA) is 101 Å². The van der Waals surface area contributed by atoms with Crippen molar-refractivity contribution in [2.45, 2.75) is 4.34 Å². The first kappa shape index (κ1) is 17.2. The lowest BCUT2D eigenvalue weighted by Crippen LogP contribution is -2.40. The Kier molecular flexibility index (Phi) is 5.11. The summed E-state index contributed by atoms with van der Waals surface area (Å²) in [5.74, 6) is -0.418. The minimum absolute atomic E-state index is 0.113. The minimum Gasteiger partial charge on any atom is -0.379 e. The molecule has 0 spiro atoms. The molecule has 128 valence electrons. The Labute approximate surface area is 147 Å². The second kappa shape index (κ2) is 7.11. The maximum atomic E-state index is 12.4. The summed E-state index contributed by atoms with van der Waals surface area (Å²) in [5.41, 5.74) is 0.382. The largest absolute Gasteiger partial charge is 0.379 e. The SMILES string of the molecule is O=C(Nc1nnc(S(=O)(=O)N2CCOCC2)s1)c1ccc(Cl)cc1. The van der Waals surface area contributed by atoms with Gasteiger partial charge in [0.05, 0.1) is 13.2 Å². The first-order valence-corrected chi connectivity index (χ1v) is 9.58. The van der Waals surface area contributed by atoms with E-state index in [0.717, 1.165) is 11.3 Å². The molecular weight excluding hydrogens is 376 g/mol. The van der Waals surface area contributed by atoms with Gasteiger partial charge in [0.25, 0.3) is 15.9 Å². The number of carbonyl (C=O) groups is 1. The Morgan fingerprint density at radius 3 is 2.54 bits per heavy atom. The maximum Gasteiger partial charge on any atom is 0.272 e. The van der Waals surface area contributed by atoms with Gasteiger partial charge >= 0.3 is 0 Å². The first-order chi connectivity index (χ1) is 11.5. The number of aromatic nitrogens is 2. The molecule has 1 N–H and O–H groups in total. The third-order valence-electron chi connectivity index (χ3n) is 3.26. The number of benzene rings is 1. The van der Waals surface area contributed by atoms with Crippen LogP contribution in [0.15, 0.2) is 28.6 Å². The zero-order valence-electron chi connectivity index (χ0n) is 12.3. The van der Waals surface area contributed by atoms with Crippen LogP contribution in [0.25, 0.3) is 0 Å². The number of amides is 1. The molecule has 0 radical (unpaired) electrons. The summed E-state index contributed by atoms with van der Waals surface area (Å²) in [6.07, 6.45) is 0. The normalized spacial score (nSPS) is 16.0. The van der Waals surface area contributed by atoms with Crippen molar-refractivity contribution in [2.75, 3.05) is 31.6 Å². The number of halogens is 1. The Morgan fingerprint density at radius 1 is 1.21 bits per heavy atom. The molecule has 1 fully saturated rings. The predicted molar refractivity (Wildman–Crippen MR) is 88.9 cm³/mol. The molecular formula is C13H13ClN4O4S2. The van der Waals surface area contributed by atoms with E-state index in [1.165, 1.54) is 4.31 Å². The van der Waals surface area contributed by atoms with Crippen LogP contribution < -0.4 is 5.32 Å². The number of ether oxygens (including phenoxy) is 1. The average Bonchev–Trinajstić information content (AvgIpc) is 3.05. The van der Waals surface area contributed by atoms with Gasteiger partial charge in [0, 0.05) is 23.7 Å². The summed E-state index contributed by atoms with van der Waals surface area (Å²) in [6, 6.07) is 6.30. The van der Waals surface area contributed by atoms with E-state index in [4.69, 9.17) is 16.3 Å². The smallest absolute Gasteiger partial charge is 0.272 e. The molecule has 8 nitrogen and oxygen atoms in total. The molecule has 3 rings (SSSR count). The quantitative estimate of drug-likeness (QED) is 0.796. The lowest BCUT2D eigenvalue weighted by Gasteiger charge is -2.24. The molecule has 0 atom stereocenters. The van der Waals surface area contributed by atoms with E-state index in [1.807, 2.05) is 0 Å². The van der Waals surface area contributed by atoms with Gasteiger partial charge < -0.3 is 4.74 Å². The van der Waals surface area contributed by atoms with Gasteiger partial charge in [-0.25, -0.2) is 8.42 Å². The summed E-state index contributed by atoms with van der Waals surface area (Å²) in [5, 5.41) is 10.6. The number of sulfonamides is 1. The molecule has 1 aliphatic heterocycles. The molecule has 0 bridgehead atoms. The fraction of sp³-hybridized carbons (Fsp3) is 0.308. The van der Waals surface area contributed by atoms with Crippen molar-refractivity contribution < 1.29 is 17.9 Å². The zero-order valence-corrected chi connectivity index (χ0v) is 14.7. The fourth-order valence-electron chi connectivity index (χ4n) is 2.03. The van der Waals surface area contributed by atoms with Gasteiger partial charge in [-0.1, -0.05) is 22.9 Å². The second-order valence-electron chi connectivity index (χ2n) is 4.85. The number of nitrogens with zero attached hydrogens (tertiary/aromatic N) is 3. The summed E-state index contributed by atoms with van der Waals surface area (Å²) in [7, 11) is -3.72. The highest BCUT2D eigenvalue weighted by atomic mass is 35.5. The number of carbonyl (C=O) groups excluding carboxylic acids is 1. The van der Waals surface area contributed by atoms with Crippen LogP contribution in [0.2, 0.25) is 5.02 Å². The number of morpholine rings is 1. The third-order valence-corrected chi connectivity index (χ3v) is 6.60. The lowest BCUT2D eigenvalue weighted by molar-refractivity contribution is 0.0730. The van der Waals surface area contributed by atoms with Gasteiger partial charge in [0.15, 0.2) is 0 Å². The van der Waals surface area contributed by atoms with Crippen LogP contribution in [0, 0.1) is 0 Å². The second-order valence-corrected chi connectivity index (χ2v) is 8.38. The van der Waals surface area contributed by atoms with Crippen LogP contribution in [0.5, 0.6) is 0 Å². The number of anilines is 1. The van der Waals surface area contributed by atoms with E-state index >= 15 is 0 Å². The lowest BCUT2D eigenvalue weighted by atomic mass is 10.2. The van der Waals surface area contributed by atoms with Crippen LogP contribution >= 0.6 is 22.9 Å². The summed E-state index contributed by atoms with van der Waals surface area (Å²) in [6.45, 7) is 1.24. The van der Waals surface area contributed by atoms with E-state index in [-0.39, 0.29) is 22.6 Å². The van der Waals surface area contributed by atoms with E-state index in [1.54, 1.807) is 24.3 Å². The highest BCUT2D eigenvalue weighted by Gasteiger charge is 2.30. The van der Waals surface area contributed by atoms with E-state index < -0.39 is 15.9 Å². The monoisotopic (exact) mass is 388 g/mol. The number of nitrogens with one attached hydrogen (secondary N) is 1. The molecule has 1 aromatic heterocycles. The van der Waals surface area contributed by atoms with Crippen molar-refractivity contribution in [3.8, 4) is 0 Å². The third kappa shape index (κ3) is 3.73. The summed E-state index contributed by atoms with van der Waals surface area (Å²) < 4.78 is 31.2. The molecule has 0 aliphatic carbocycles. The van der Waals surface area contributed by atoms with Gasteiger partial charge in [-0.15, -0.1) is 10.2 Å². The first-order valence-electron chi connectivity index (χ1n) is 6.95. The fourth-order valence-corrected chi connectivity index (χ4v) is 4.60. The van der Waals surface area contributed by atoms with Gasteiger partial charge in [-0.3, -0.25) is 10.1 Å². The molecule has 0 unspecified atom stereocenters. The highest BCUT2D eigenvalue weighted by molar-refractivity contribution is 7.91. The Morgan fingerprint density at radius 2 is 1.88 bits per heavy atom. The van der Waals surface area contributed by atoms with E-state index in [9.17, 15) is 13.2 Å². The molecule has 1 amide bonds. The molecule has 11 heteroatoms. The van der Waals surface area contributed by atoms with Crippen LogP contribution in [-0.4, -0.2) is 55.1 Å². The highest BCUT2D eigenvalue weighted by Crippen LogP contribution is 2.24. The zero-order chi connectivity index (χ0) is 17.2. The van der Waals surface area contributed by atoms with Gasteiger partial charge in [-0.05, 0) is 24.3 Å². The number of rotatable bonds is 4. The van der Waals surface area contributed by atoms with Crippen molar-refractivity contribution in [1.29, 1.82) is 0 Å². The van der Waals surface area contributed by atoms with Crippen LogP contribution in [0.1, 0.15) is 10.4 Å². The molecule has 0 saturated carbocycles. The predicted octanol–water partition coefficient (Wildman–Crippen LogP) is 1.46. The Hall–Kier alpha value is -1.59. The van der Waals surface area contributed by atoms with Crippen molar-refractivity contribution in [2.24, 2.45) is 0 Å². The Bertz CT molecular complexity index is 832. The minimum atomic E-state index is -3.72. The maximum absolute atomic E-state index is 12.4. The number of hydrogen-bond donors (Lipinski definition) is 1. The number of hydrogen-bond acceptors (Lipinski definition) is 7. The summed E-state index contributed by atoms with van der Waals surface area (Å²) in [4.78, 5) is 12.1. The van der Waals surface area contributed by atoms with Gasteiger partial charge in [0.1, 0.15) is 0 Å². The van der Waals surface area contributed by atoms with Crippen LogP contribution in [-0.2, 0) is 14.8 Å². The van der Waals surface area contributed by atoms with Crippen LogP contribution in [0.4, 0.5) is 5.13 Å². The van der Waals surface area contributed by atoms with Crippen LogP contribution in [0.3, 0.4) is 0 Å². The van der Waals surface area contributed by atoms with E-state index in [0.29, 0.717) is 23.8 Å². The van der Waals surface area contributed by atoms with Gasteiger partial charge in [0.2, 0.25) is 9.47 Å². The van der Waals surface area contributed by atoms with Crippen molar-refractivity contribution in [3.05, 3.63) is 34.9 Å². The molecule has 1 aliphatic rings. The van der Waals surface area contributed by atoms with Crippen molar-refractivity contribution >= 4 is 44.0 Å². The van der Waals surface area contributed by atoms with Gasteiger partial charge in [-0.2, -0.15) is 4.31 Å². The molecule has 24 heavy (non-hydrogen) atoms. The standard InChI is InChI=1S/C13H13ClN4O4S2/c14-10-3-1-9(2-4-10)11(19)15-12-16-17-13(23-12)24(20,21)18-5-7-22-8-6-18/h1-4H,5-8H2,(H,15,16,19).